The Balaban J connectivity index is 1.02. The largest absolute Gasteiger partial charge is 0.456 e. The lowest BCUT2D eigenvalue weighted by Crippen LogP contribution is -2.09. The molecule has 9 rings (SSSR count). The minimum atomic E-state index is 0.878. The molecule has 0 saturated carbocycles. The lowest BCUT2D eigenvalue weighted by Gasteiger charge is -2.26. The maximum Gasteiger partial charge on any atom is 0.135 e. The molecule has 0 saturated heterocycles. The van der Waals surface area contributed by atoms with Crippen LogP contribution < -0.4 is 4.90 Å². The smallest absolute Gasteiger partial charge is 0.135 e. The number of rotatable bonds is 7. The van der Waals surface area contributed by atoms with E-state index in [1.165, 1.54) is 33.0 Å². The van der Waals surface area contributed by atoms with Gasteiger partial charge in [-0.3, -0.25) is 0 Å². The van der Waals surface area contributed by atoms with Crippen molar-refractivity contribution in [1.82, 2.24) is 0 Å². The lowest BCUT2D eigenvalue weighted by atomic mass is 9.95. The van der Waals surface area contributed by atoms with Crippen molar-refractivity contribution < 1.29 is 4.42 Å². The summed E-state index contributed by atoms with van der Waals surface area (Å²) in [6, 6.07) is 71.1. The summed E-state index contributed by atoms with van der Waals surface area (Å²) in [6.45, 7) is 0. The van der Waals surface area contributed by atoms with E-state index in [1.54, 1.807) is 0 Å². The van der Waals surface area contributed by atoms with Gasteiger partial charge < -0.3 is 9.32 Å². The molecule has 0 N–H and O–H groups in total. The van der Waals surface area contributed by atoms with Crippen molar-refractivity contribution >= 4 is 38.8 Å². The molecule has 0 atom stereocenters. The molecule has 0 radical (unpaired) electrons. The molecule has 2 heteroatoms. The van der Waals surface area contributed by atoms with Crippen LogP contribution in [-0.4, -0.2) is 0 Å². The van der Waals surface area contributed by atoms with Gasteiger partial charge in [-0.1, -0.05) is 140 Å². The average Bonchev–Trinajstić information content (AvgIpc) is 3.64. The molecular formula is C48H33NO. The van der Waals surface area contributed by atoms with Gasteiger partial charge in [-0.15, -0.1) is 0 Å². The normalized spacial score (nSPS) is 11.2. The van der Waals surface area contributed by atoms with Crippen LogP contribution in [0.25, 0.3) is 66.4 Å². The summed E-state index contributed by atoms with van der Waals surface area (Å²) in [5.74, 6) is 0.878. The molecule has 0 bridgehead atoms. The summed E-state index contributed by atoms with van der Waals surface area (Å²) >= 11 is 0. The highest BCUT2D eigenvalue weighted by molar-refractivity contribution is 5.97. The molecule has 0 amide bonds. The van der Waals surface area contributed by atoms with E-state index in [2.05, 4.69) is 187 Å². The van der Waals surface area contributed by atoms with Gasteiger partial charge in [0.15, 0.2) is 0 Å². The highest BCUT2D eigenvalue weighted by Crippen LogP contribution is 2.38. The Kier molecular flexibility index (Phi) is 7.53. The second-order valence-corrected chi connectivity index (χ2v) is 12.6. The topological polar surface area (TPSA) is 16.4 Å². The maximum absolute atomic E-state index is 6.16. The first kappa shape index (κ1) is 29.5. The minimum absolute atomic E-state index is 0.878. The monoisotopic (exact) mass is 639 g/mol. The summed E-state index contributed by atoms with van der Waals surface area (Å²) in [4.78, 5) is 2.31. The first-order chi connectivity index (χ1) is 24.8. The number of para-hydroxylation sites is 2. The molecule has 2 nitrogen and oxygen atoms in total. The predicted molar refractivity (Wildman–Crippen MR) is 210 cm³/mol. The molecule has 0 aliphatic heterocycles. The van der Waals surface area contributed by atoms with Crippen LogP contribution in [0.15, 0.2) is 205 Å². The number of anilines is 3. The van der Waals surface area contributed by atoms with Crippen molar-refractivity contribution in [3.05, 3.63) is 200 Å². The van der Waals surface area contributed by atoms with Crippen LogP contribution in [0.4, 0.5) is 17.1 Å². The maximum atomic E-state index is 6.16. The molecule has 236 valence electrons. The summed E-state index contributed by atoms with van der Waals surface area (Å²) in [5.41, 5.74) is 12.4. The van der Waals surface area contributed by atoms with Crippen LogP contribution in [0.3, 0.4) is 0 Å². The van der Waals surface area contributed by atoms with E-state index in [0.717, 1.165) is 50.5 Å². The van der Waals surface area contributed by atoms with E-state index in [0.29, 0.717) is 0 Å². The number of fused-ring (bicyclic) bond motifs is 2. The Labute approximate surface area is 292 Å². The number of hydrogen-bond acceptors (Lipinski definition) is 2. The van der Waals surface area contributed by atoms with E-state index < -0.39 is 0 Å². The quantitative estimate of drug-likeness (QED) is 0.173. The minimum Gasteiger partial charge on any atom is -0.456 e. The molecule has 0 aliphatic rings. The Morgan fingerprint density at radius 1 is 0.320 bits per heavy atom. The fourth-order valence-electron chi connectivity index (χ4n) is 6.95. The van der Waals surface area contributed by atoms with Crippen molar-refractivity contribution in [3.8, 4) is 44.7 Å². The molecule has 0 aliphatic carbocycles. The SMILES string of the molecule is c1ccc(N(c2ccc(-c3cccc(-c4cc5ccccc5o4)c3)cc2)c2ccc(-c3cccc(-c4cccc5ccccc45)c3)cc2)cc1. The third-order valence-electron chi connectivity index (χ3n) is 9.47. The van der Waals surface area contributed by atoms with Gasteiger partial charge in [0, 0.05) is 28.0 Å². The van der Waals surface area contributed by atoms with E-state index in [-0.39, 0.29) is 0 Å². The first-order valence-electron chi connectivity index (χ1n) is 17.0. The van der Waals surface area contributed by atoms with E-state index in [9.17, 15) is 0 Å². The van der Waals surface area contributed by atoms with Gasteiger partial charge in [0.1, 0.15) is 11.3 Å². The molecule has 0 fully saturated rings. The van der Waals surface area contributed by atoms with Gasteiger partial charge in [-0.05, 0) is 105 Å². The van der Waals surface area contributed by atoms with Crippen LogP contribution in [0, 0.1) is 0 Å². The van der Waals surface area contributed by atoms with Crippen molar-refractivity contribution in [2.45, 2.75) is 0 Å². The third kappa shape index (κ3) is 5.63. The first-order valence-corrected chi connectivity index (χ1v) is 17.0. The number of furan rings is 1. The zero-order valence-electron chi connectivity index (χ0n) is 27.4. The Bertz CT molecular complexity index is 2540. The Hall–Kier alpha value is -6.64. The fourth-order valence-corrected chi connectivity index (χ4v) is 6.95. The van der Waals surface area contributed by atoms with Gasteiger partial charge in [0.25, 0.3) is 0 Å². The molecular weight excluding hydrogens is 607 g/mol. The Morgan fingerprint density at radius 3 is 1.54 bits per heavy atom. The second-order valence-electron chi connectivity index (χ2n) is 12.6. The molecule has 0 unspecified atom stereocenters. The fraction of sp³-hybridized carbons (Fsp3) is 0. The summed E-state index contributed by atoms with van der Waals surface area (Å²) in [6.07, 6.45) is 0. The summed E-state index contributed by atoms with van der Waals surface area (Å²) in [7, 11) is 0. The van der Waals surface area contributed by atoms with Crippen molar-refractivity contribution in [3.63, 3.8) is 0 Å². The van der Waals surface area contributed by atoms with Gasteiger partial charge in [-0.25, -0.2) is 0 Å². The molecule has 1 aromatic heterocycles. The molecule has 1 heterocycles. The van der Waals surface area contributed by atoms with Crippen LogP contribution >= 0.6 is 0 Å². The van der Waals surface area contributed by atoms with E-state index in [1.807, 2.05) is 18.2 Å². The van der Waals surface area contributed by atoms with Crippen molar-refractivity contribution in [2.75, 3.05) is 4.90 Å². The zero-order chi connectivity index (χ0) is 33.3. The summed E-state index contributed by atoms with van der Waals surface area (Å²) in [5, 5.41) is 3.64. The van der Waals surface area contributed by atoms with Gasteiger partial charge in [-0.2, -0.15) is 0 Å². The second kappa shape index (κ2) is 12.8. The van der Waals surface area contributed by atoms with E-state index >= 15 is 0 Å². The standard InChI is InChI=1S/C48H33NO/c1-2-18-42(19-3-1)49(44-29-25-35(26-30-44)38-15-9-17-40(32-38)48-33-41-12-5-7-22-47(41)50-48)43-27-23-34(24-28-43)37-14-8-16-39(31-37)46-21-10-13-36-11-4-6-20-45(36)46/h1-33H. The number of hydrogen-bond donors (Lipinski definition) is 0. The van der Waals surface area contributed by atoms with Crippen LogP contribution in [-0.2, 0) is 0 Å². The van der Waals surface area contributed by atoms with Gasteiger partial charge in [0.05, 0.1) is 0 Å². The van der Waals surface area contributed by atoms with Crippen LogP contribution in [0.2, 0.25) is 0 Å². The van der Waals surface area contributed by atoms with Crippen molar-refractivity contribution in [1.29, 1.82) is 0 Å². The van der Waals surface area contributed by atoms with Crippen molar-refractivity contribution in [2.24, 2.45) is 0 Å². The average molecular weight is 640 g/mol. The van der Waals surface area contributed by atoms with Gasteiger partial charge in [0.2, 0.25) is 0 Å². The number of benzene rings is 8. The molecule has 9 aromatic rings. The predicted octanol–water partition coefficient (Wildman–Crippen LogP) is 13.7. The Morgan fingerprint density at radius 2 is 0.840 bits per heavy atom. The lowest BCUT2D eigenvalue weighted by molar-refractivity contribution is 0.631. The molecule has 0 spiro atoms. The van der Waals surface area contributed by atoms with Crippen LogP contribution in [0.1, 0.15) is 0 Å². The highest BCUT2D eigenvalue weighted by Gasteiger charge is 2.14. The highest BCUT2D eigenvalue weighted by atomic mass is 16.3. The number of nitrogens with zero attached hydrogens (tertiary/aromatic N) is 1. The molecule has 8 aromatic carbocycles. The van der Waals surface area contributed by atoms with Gasteiger partial charge >= 0.3 is 0 Å². The zero-order valence-corrected chi connectivity index (χ0v) is 27.4. The summed E-state index contributed by atoms with van der Waals surface area (Å²) < 4.78 is 6.16. The third-order valence-corrected chi connectivity index (χ3v) is 9.47. The van der Waals surface area contributed by atoms with E-state index in [4.69, 9.17) is 4.42 Å². The molecule has 50 heavy (non-hydrogen) atoms. The van der Waals surface area contributed by atoms with Crippen LogP contribution in [0.5, 0.6) is 0 Å².